The van der Waals surface area contributed by atoms with E-state index in [4.69, 9.17) is 5.11 Å². The number of hydrogen-bond acceptors (Lipinski definition) is 3. The Labute approximate surface area is 84.5 Å². The van der Waals surface area contributed by atoms with E-state index in [2.05, 4.69) is 0 Å². The maximum atomic E-state index is 10.8. The lowest BCUT2D eigenvalue weighted by atomic mass is 10.0. The summed E-state index contributed by atoms with van der Waals surface area (Å²) in [5.41, 5.74) is -0.646. The fourth-order valence-corrected chi connectivity index (χ4v) is 1.85. The second-order valence-electron chi connectivity index (χ2n) is 4.58. The zero-order valence-corrected chi connectivity index (χ0v) is 9.03. The van der Waals surface area contributed by atoms with Gasteiger partial charge in [-0.15, -0.1) is 0 Å². The standard InChI is InChI=1S/C10H19NO3/c1-7(9(12)13)8(2)11-5-4-10(3,14)6-11/h7-8,14H,4-6H2,1-3H3,(H,12,13). The van der Waals surface area contributed by atoms with Crippen molar-refractivity contribution >= 4 is 5.97 Å². The van der Waals surface area contributed by atoms with Crippen molar-refractivity contribution in [2.24, 2.45) is 5.92 Å². The molecule has 4 heteroatoms. The van der Waals surface area contributed by atoms with Crippen LogP contribution >= 0.6 is 0 Å². The van der Waals surface area contributed by atoms with Gasteiger partial charge in [0.25, 0.3) is 0 Å². The first-order valence-electron chi connectivity index (χ1n) is 5.03. The molecule has 0 bridgehead atoms. The number of hydrogen-bond donors (Lipinski definition) is 2. The molecule has 0 radical (unpaired) electrons. The summed E-state index contributed by atoms with van der Waals surface area (Å²) in [7, 11) is 0. The molecule has 1 heterocycles. The Kier molecular flexibility index (Phi) is 3.17. The molecule has 0 spiro atoms. The van der Waals surface area contributed by atoms with Crippen LogP contribution < -0.4 is 0 Å². The van der Waals surface area contributed by atoms with Crippen LogP contribution in [0.3, 0.4) is 0 Å². The van der Waals surface area contributed by atoms with E-state index in [1.807, 2.05) is 11.8 Å². The van der Waals surface area contributed by atoms with Crippen LogP contribution in [-0.2, 0) is 4.79 Å². The van der Waals surface area contributed by atoms with Gasteiger partial charge in [0.2, 0.25) is 0 Å². The summed E-state index contributed by atoms with van der Waals surface area (Å²) < 4.78 is 0. The first-order valence-corrected chi connectivity index (χ1v) is 5.03. The third kappa shape index (κ3) is 2.45. The van der Waals surface area contributed by atoms with Gasteiger partial charge in [-0.05, 0) is 20.3 Å². The highest BCUT2D eigenvalue weighted by atomic mass is 16.4. The van der Waals surface area contributed by atoms with Gasteiger partial charge in [0.1, 0.15) is 0 Å². The molecular formula is C10H19NO3. The van der Waals surface area contributed by atoms with E-state index >= 15 is 0 Å². The van der Waals surface area contributed by atoms with E-state index in [-0.39, 0.29) is 12.0 Å². The maximum Gasteiger partial charge on any atom is 0.307 e. The number of aliphatic hydroxyl groups is 1. The molecule has 0 aromatic carbocycles. The third-order valence-corrected chi connectivity index (χ3v) is 3.17. The topological polar surface area (TPSA) is 60.8 Å². The fraction of sp³-hybridized carbons (Fsp3) is 0.900. The van der Waals surface area contributed by atoms with E-state index in [9.17, 15) is 9.90 Å². The van der Waals surface area contributed by atoms with Crippen LogP contribution in [0.2, 0.25) is 0 Å². The number of nitrogens with zero attached hydrogens (tertiary/aromatic N) is 1. The molecule has 0 saturated carbocycles. The highest BCUT2D eigenvalue weighted by molar-refractivity contribution is 5.70. The van der Waals surface area contributed by atoms with E-state index in [0.717, 1.165) is 13.0 Å². The number of β-amino-alcohol motifs (C(OH)–C–C–N with tert-alkyl or cyclic N) is 1. The van der Waals surface area contributed by atoms with Crippen molar-refractivity contribution in [3.05, 3.63) is 0 Å². The highest BCUT2D eigenvalue weighted by Gasteiger charge is 2.36. The van der Waals surface area contributed by atoms with Gasteiger partial charge in [-0.3, -0.25) is 9.69 Å². The van der Waals surface area contributed by atoms with Gasteiger partial charge >= 0.3 is 5.97 Å². The first-order chi connectivity index (χ1) is 6.33. The van der Waals surface area contributed by atoms with Crippen molar-refractivity contribution in [2.45, 2.75) is 38.8 Å². The monoisotopic (exact) mass is 201 g/mol. The Hall–Kier alpha value is -0.610. The molecule has 2 N–H and O–H groups in total. The van der Waals surface area contributed by atoms with Gasteiger partial charge in [0.05, 0.1) is 11.5 Å². The Morgan fingerprint density at radius 1 is 1.50 bits per heavy atom. The SMILES string of the molecule is CC(C(=O)O)C(C)N1CCC(C)(O)C1. The van der Waals surface area contributed by atoms with E-state index in [1.165, 1.54) is 0 Å². The lowest BCUT2D eigenvalue weighted by molar-refractivity contribution is -0.143. The molecule has 1 aliphatic heterocycles. The third-order valence-electron chi connectivity index (χ3n) is 3.17. The van der Waals surface area contributed by atoms with Crippen molar-refractivity contribution in [1.29, 1.82) is 0 Å². The van der Waals surface area contributed by atoms with Gasteiger partial charge in [0, 0.05) is 19.1 Å². The van der Waals surface area contributed by atoms with Crippen LogP contribution in [0, 0.1) is 5.92 Å². The molecule has 3 atom stereocenters. The van der Waals surface area contributed by atoms with Gasteiger partial charge < -0.3 is 10.2 Å². The van der Waals surface area contributed by atoms with Gasteiger partial charge in [0.15, 0.2) is 0 Å². The molecular weight excluding hydrogens is 182 g/mol. The van der Waals surface area contributed by atoms with Crippen LogP contribution in [-0.4, -0.2) is 45.8 Å². The second kappa shape index (κ2) is 3.87. The minimum atomic E-state index is -0.774. The molecule has 1 saturated heterocycles. The fourth-order valence-electron chi connectivity index (χ4n) is 1.85. The largest absolute Gasteiger partial charge is 0.481 e. The van der Waals surface area contributed by atoms with Crippen LogP contribution in [0.25, 0.3) is 0 Å². The normalized spacial score (nSPS) is 32.9. The van der Waals surface area contributed by atoms with Gasteiger partial charge in [-0.2, -0.15) is 0 Å². The van der Waals surface area contributed by atoms with Crippen molar-refractivity contribution in [1.82, 2.24) is 4.90 Å². The average molecular weight is 201 g/mol. The summed E-state index contributed by atoms with van der Waals surface area (Å²) in [6, 6.07) is -0.0125. The molecule has 4 nitrogen and oxygen atoms in total. The predicted octanol–water partition coefficient (Wildman–Crippen LogP) is 0.552. The van der Waals surface area contributed by atoms with Crippen LogP contribution in [0.5, 0.6) is 0 Å². The number of rotatable bonds is 3. The maximum absolute atomic E-state index is 10.8. The van der Waals surface area contributed by atoms with Crippen LogP contribution in [0.1, 0.15) is 27.2 Å². The Morgan fingerprint density at radius 3 is 2.43 bits per heavy atom. The van der Waals surface area contributed by atoms with Crippen molar-refractivity contribution in [2.75, 3.05) is 13.1 Å². The Bertz CT molecular complexity index is 227. The summed E-state index contributed by atoms with van der Waals surface area (Å²) >= 11 is 0. The average Bonchev–Trinajstić information content (AvgIpc) is 2.43. The predicted molar refractivity (Wildman–Crippen MR) is 53.1 cm³/mol. The van der Waals surface area contributed by atoms with Gasteiger partial charge in [-0.1, -0.05) is 6.92 Å². The lowest BCUT2D eigenvalue weighted by Crippen LogP contribution is -2.41. The summed E-state index contributed by atoms with van der Waals surface area (Å²) in [6.45, 7) is 6.77. The van der Waals surface area contributed by atoms with Crippen molar-refractivity contribution in [3.8, 4) is 0 Å². The summed E-state index contributed by atoms with van der Waals surface area (Å²) in [5, 5.41) is 18.6. The molecule has 0 aromatic heterocycles. The molecule has 14 heavy (non-hydrogen) atoms. The second-order valence-corrected chi connectivity index (χ2v) is 4.58. The summed E-state index contributed by atoms with van der Waals surface area (Å²) in [4.78, 5) is 12.8. The van der Waals surface area contributed by atoms with E-state index < -0.39 is 11.6 Å². The Balaban J connectivity index is 2.55. The molecule has 82 valence electrons. The van der Waals surface area contributed by atoms with Crippen LogP contribution in [0.4, 0.5) is 0 Å². The quantitative estimate of drug-likeness (QED) is 0.700. The minimum Gasteiger partial charge on any atom is -0.481 e. The molecule has 1 aliphatic rings. The number of likely N-dealkylation sites (tertiary alicyclic amines) is 1. The summed E-state index contributed by atoms with van der Waals surface area (Å²) in [6.07, 6.45) is 0.726. The first kappa shape index (κ1) is 11.5. The molecule has 1 rings (SSSR count). The molecule has 3 unspecified atom stereocenters. The lowest BCUT2D eigenvalue weighted by Gasteiger charge is -2.28. The van der Waals surface area contributed by atoms with E-state index in [0.29, 0.717) is 6.54 Å². The number of aliphatic carboxylic acids is 1. The number of carboxylic acids is 1. The Morgan fingerprint density at radius 2 is 2.07 bits per heavy atom. The zero-order chi connectivity index (χ0) is 10.9. The highest BCUT2D eigenvalue weighted by Crippen LogP contribution is 2.24. The summed E-state index contributed by atoms with van der Waals surface area (Å²) in [5.74, 6) is -1.16. The van der Waals surface area contributed by atoms with E-state index in [1.54, 1.807) is 13.8 Å². The number of carbonyl (C=O) groups is 1. The number of carboxylic acid groups (broad SMARTS) is 1. The van der Waals surface area contributed by atoms with Crippen LogP contribution in [0.15, 0.2) is 0 Å². The minimum absolute atomic E-state index is 0.0125. The van der Waals surface area contributed by atoms with Crippen molar-refractivity contribution in [3.63, 3.8) is 0 Å². The van der Waals surface area contributed by atoms with Crippen molar-refractivity contribution < 1.29 is 15.0 Å². The smallest absolute Gasteiger partial charge is 0.307 e. The van der Waals surface area contributed by atoms with Gasteiger partial charge in [-0.25, -0.2) is 0 Å². The molecule has 0 aliphatic carbocycles. The molecule has 0 aromatic rings. The molecule has 1 fully saturated rings. The molecule has 0 amide bonds. The zero-order valence-electron chi connectivity index (χ0n) is 9.03.